The Morgan fingerprint density at radius 1 is 1.00 bits per heavy atom. The van der Waals surface area contributed by atoms with Gasteiger partial charge in [-0.15, -0.1) is 0 Å². The summed E-state index contributed by atoms with van der Waals surface area (Å²) in [5.74, 6) is 0.491. The highest BCUT2D eigenvalue weighted by atomic mass is 16.4. The summed E-state index contributed by atoms with van der Waals surface area (Å²) in [5, 5.41) is 13.3. The number of para-hydroxylation sites is 1. The molecule has 3 aromatic rings. The number of hydrogen-bond donors (Lipinski definition) is 2. The zero-order valence-electron chi connectivity index (χ0n) is 15.1. The summed E-state index contributed by atoms with van der Waals surface area (Å²) in [4.78, 5) is 25.0. The molecule has 2 aromatic carbocycles. The number of likely N-dealkylation sites (N-methyl/N-ethyl adjacent to an activating group) is 1. The molecule has 7 heteroatoms. The first-order valence-corrected chi connectivity index (χ1v) is 8.91. The fraction of sp³-hybridized carbons (Fsp3) is 0.250. The highest BCUT2D eigenvalue weighted by Gasteiger charge is 2.19. The number of piperazine rings is 1. The van der Waals surface area contributed by atoms with Crippen LogP contribution in [0.15, 0.2) is 48.5 Å². The summed E-state index contributed by atoms with van der Waals surface area (Å²) in [6.45, 7) is 3.84. The van der Waals surface area contributed by atoms with Gasteiger partial charge in [0, 0.05) is 37.3 Å². The normalized spacial score (nSPS) is 15.1. The maximum Gasteiger partial charge on any atom is 0.335 e. The molecule has 0 bridgehead atoms. The number of fused-ring (bicyclic) bond motifs is 1. The number of nitrogens with zero attached hydrogens (tertiary/aromatic N) is 4. The van der Waals surface area contributed by atoms with E-state index in [0.29, 0.717) is 5.95 Å². The van der Waals surface area contributed by atoms with Crippen LogP contribution in [0.2, 0.25) is 0 Å². The van der Waals surface area contributed by atoms with E-state index >= 15 is 0 Å². The number of aromatic nitrogens is 2. The molecular formula is C20H21N5O2. The van der Waals surface area contributed by atoms with Gasteiger partial charge in [-0.25, -0.2) is 9.78 Å². The van der Waals surface area contributed by atoms with E-state index in [4.69, 9.17) is 10.1 Å². The van der Waals surface area contributed by atoms with E-state index < -0.39 is 5.97 Å². The van der Waals surface area contributed by atoms with E-state index in [1.165, 1.54) is 0 Å². The summed E-state index contributed by atoms with van der Waals surface area (Å²) >= 11 is 0. The Morgan fingerprint density at radius 3 is 2.41 bits per heavy atom. The molecule has 0 unspecified atom stereocenters. The van der Waals surface area contributed by atoms with Crippen molar-refractivity contribution in [2.45, 2.75) is 0 Å². The topological polar surface area (TPSA) is 81.6 Å². The van der Waals surface area contributed by atoms with Gasteiger partial charge in [-0.3, -0.25) is 0 Å². The summed E-state index contributed by atoms with van der Waals surface area (Å²) < 4.78 is 0. The van der Waals surface area contributed by atoms with Crippen molar-refractivity contribution in [3.63, 3.8) is 0 Å². The van der Waals surface area contributed by atoms with E-state index in [0.717, 1.165) is 48.6 Å². The highest BCUT2D eigenvalue weighted by molar-refractivity contribution is 5.91. The Morgan fingerprint density at radius 2 is 1.70 bits per heavy atom. The summed E-state index contributed by atoms with van der Waals surface area (Å²) in [7, 11) is 2.13. The minimum atomic E-state index is -0.944. The van der Waals surface area contributed by atoms with Crippen LogP contribution >= 0.6 is 0 Å². The van der Waals surface area contributed by atoms with Crippen LogP contribution in [0.4, 0.5) is 17.5 Å². The molecule has 0 amide bonds. The van der Waals surface area contributed by atoms with E-state index in [9.17, 15) is 4.79 Å². The smallest absolute Gasteiger partial charge is 0.335 e. The molecular weight excluding hydrogens is 342 g/mol. The molecule has 4 rings (SSSR count). The first kappa shape index (κ1) is 17.2. The SMILES string of the molecule is CN1CCN(c2nc(Nc3ccc(C(=O)O)cc3)nc3ccccc23)CC1. The highest BCUT2D eigenvalue weighted by Crippen LogP contribution is 2.27. The van der Waals surface area contributed by atoms with Crippen LogP contribution in [0.25, 0.3) is 10.9 Å². The molecule has 1 aliphatic rings. The zero-order valence-corrected chi connectivity index (χ0v) is 15.1. The van der Waals surface area contributed by atoms with Gasteiger partial charge in [-0.05, 0) is 43.4 Å². The number of carboxylic acids is 1. The summed E-state index contributed by atoms with van der Waals surface area (Å²) in [5.41, 5.74) is 1.88. The van der Waals surface area contributed by atoms with Crippen molar-refractivity contribution in [1.29, 1.82) is 0 Å². The lowest BCUT2D eigenvalue weighted by Crippen LogP contribution is -2.45. The third-order valence-corrected chi connectivity index (χ3v) is 4.77. The van der Waals surface area contributed by atoms with Crippen molar-refractivity contribution in [3.05, 3.63) is 54.1 Å². The maximum atomic E-state index is 11.0. The van der Waals surface area contributed by atoms with Gasteiger partial charge in [0.25, 0.3) is 0 Å². The van der Waals surface area contributed by atoms with Crippen LogP contribution in [0.1, 0.15) is 10.4 Å². The van der Waals surface area contributed by atoms with Crippen molar-refractivity contribution in [2.75, 3.05) is 43.4 Å². The molecule has 0 spiro atoms. The molecule has 2 heterocycles. The van der Waals surface area contributed by atoms with E-state index in [2.05, 4.69) is 33.2 Å². The molecule has 0 radical (unpaired) electrons. The third kappa shape index (κ3) is 3.68. The van der Waals surface area contributed by atoms with Gasteiger partial charge in [-0.2, -0.15) is 4.98 Å². The van der Waals surface area contributed by atoms with Gasteiger partial charge in [0.1, 0.15) is 5.82 Å². The quantitative estimate of drug-likeness (QED) is 0.738. The number of rotatable bonds is 4. The predicted octanol–water partition coefficient (Wildman–Crippen LogP) is 2.82. The summed E-state index contributed by atoms with van der Waals surface area (Å²) in [6.07, 6.45) is 0. The molecule has 0 atom stereocenters. The number of benzene rings is 2. The number of carboxylic acid groups (broad SMARTS) is 1. The molecule has 1 fully saturated rings. The molecule has 1 aliphatic heterocycles. The number of aromatic carboxylic acids is 1. The van der Waals surface area contributed by atoms with Crippen LogP contribution in [0, 0.1) is 0 Å². The molecule has 0 saturated carbocycles. The molecule has 2 N–H and O–H groups in total. The first-order chi connectivity index (χ1) is 13.1. The summed E-state index contributed by atoms with van der Waals surface area (Å²) in [6, 6.07) is 14.6. The average Bonchev–Trinajstić information content (AvgIpc) is 2.68. The van der Waals surface area contributed by atoms with E-state index in [-0.39, 0.29) is 5.56 Å². The fourth-order valence-corrected chi connectivity index (χ4v) is 3.20. The number of anilines is 3. The molecule has 0 aliphatic carbocycles. The Hall–Kier alpha value is -3.19. The lowest BCUT2D eigenvalue weighted by molar-refractivity contribution is 0.0697. The average molecular weight is 363 g/mol. The zero-order chi connectivity index (χ0) is 18.8. The monoisotopic (exact) mass is 363 g/mol. The van der Waals surface area contributed by atoms with Crippen molar-refractivity contribution in [3.8, 4) is 0 Å². The van der Waals surface area contributed by atoms with E-state index in [1.54, 1.807) is 24.3 Å². The van der Waals surface area contributed by atoms with Crippen LogP contribution in [-0.4, -0.2) is 59.2 Å². The standard InChI is InChI=1S/C20H21N5O2/c1-24-10-12-25(13-11-24)18-16-4-2-3-5-17(16)22-20(23-18)21-15-8-6-14(7-9-15)19(26)27/h2-9H,10-13H2,1H3,(H,26,27)(H,21,22,23). The molecule has 1 saturated heterocycles. The van der Waals surface area contributed by atoms with Gasteiger partial charge >= 0.3 is 5.97 Å². The largest absolute Gasteiger partial charge is 0.478 e. The second-order valence-electron chi connectivity index (χ2n) is 6.69. The maximum absolute atomic E-state index is 11.0. The van der Waals surface area contributed by atoms with Gasteiger partial charge in [0.05, 0.1) is 11.1 Å². The van der Waals surface area contributed by atoms with Gasteiger partial charge in [0.2, 0.25) is 5.95 Å². The number of nitrogens with one attached hydrogen (secondary N) is 1. The number of carbonyl (C=O) groups is 1. The second-order valence-corrected chi connectivity index (χ2v) is 6.69. The van der Waals surface area contributed by atoms with Crippen LogP contribution in [0.3, 0.4) is 0 Å². The lowest BCUT2D eigenvalue weighted by atomic mass is 10.2. The van der Waals surface area contributed by atoms with Crippen molar-refractivity contribution in [1.82, 2.24) is 14.9 Å². The fourth-order valence-electron chi connectivity index (χ4n) is 3.20. The van der Waals surface area contributed by atoms with Crippen molar-refractivity contribution >= 4 is 34.3 Å². The molecule has 7 nitrogen and oxygen atoms in total. The minimum Gasteiger partial charge on any atom is -0.478 e. The Balaban J connectivity index is 1.67. The minimum absolute atomic E-state index is 0.248. The van der Waals surface area contributed by atoms with Gasteiger partial charge in [0.15, 0.2) is 0 Å². The third-order valence-electron chi connectivity index (χ3n) is 4.77. The van der Waals surface area contributed by atoms with E-state index in [1.807, 2.05) is 18.2 Å². The Kier molecular flexibility index (Phi) is 4.60. The second kappa shape index (κ2) is 7.20. The van der Waals surface area contributed by atoms with Crippen molar-refractivity contribution < 1.29 is 9.90 Å². The Bertz CT molecular complexity index is 966. The van der Waals surface area contributed by atoms with Crippen LogP contribution in [0.5, 0.6) is 0 Å². The lowest BCUT2D eigenvalue weighted by Gasteiger charge is -2.33. The molecule has 1 aromatic heterocycles. The molecule has 27 heavy (non-hydrogen) atoms. The Labute approximate surface area is 157 Å². The predicted molar refractivity (Wildman–Crippen MR) is 106 cm³/mol. The first-order valence-electron chi connectivity index (χ1n) is 8.91. The molecule has 138 valence electrons. The van der Waals surface area contributed by atoms with Crippen LogP contribution in [-0.2, 0) is 0 Å². The van der Waals surface area contributed by atoms with Crippen LogP contribution < -0.4 is 10.2 Å². The van der Waals surface area contributed by atoms with Gasteiger partial charge in [-0.1, -0.05) is 12.1 Å². The van der Waals surface area contributed by atoms with Gasteiger partial charge < -0.3 is 20.2 Å². The van der Waals surface area contributed by atoms with Crippen molar-refractivity contribution in [2.24, 2.45) is 0 Å². The number of hydrogen-bond acceptors (Lipinski definition) is 6.